The largest absolute Gasteiger partial charge is 0.368 e. The first-order valence-corrected chi connectivity index (χ1v) is 12.3. The second kappa shape index (κ2) is 8.49. The summed E-state index contributed by atoms with van der Waals surface area (Å²) in [6.07, 6.45) is 11.7. The lowest BCUT2D eigenvalue weighted by Gasteiger charge is -2.44. The van der Waals surface area contributed by atoms with E-state index in [4.69, 9.17) is 9.97 Å². The van der Waals surface area contributed by atoms with Gasteiger partial charge in [0.15, 0.2) is 0 Å². The Labute approximate surface area is 190 Å². The molecular weight excluding hydrogens is 396 g/mol. The average Bonchev–Trinajstić information content (AvgIpc) is 3.24. The smallest absolute Gasteiger partial charge is 0.138 e. The third kappa shape index (κ3) is 3.80. The van der Waals surface area contributed by atoms with Crippen LogP contribution in [0.3, 0.4) is 0 Å². The first kappa shape index (κ1) is 20.2. The summed E-state index contributed by atoms with van der Waals surface area (Å²) in [7, 11) is 2.21. The Morgan fingerprint density at radius 1 is 1.03 bits per heavy atom. The van der Waals surface area contributed by atoms with Gasteiger partial charge in [-0.05, 0) is 94.9 Å². The van der Waals surface area contributed by atoms with Gasteiger partial charge in [0, 0.05) is 25.0 Å². The zero-order chi connectivity index (χ0) is 21.5. The topological polar surface area (TPSA) is 48.7 Å². The van der Waals surface area contributed by atoms with Crippen molar-refractivity contribution in [1.82, 2.24) is 24.2 Å². The molecule has 6 rings (SSSR count). The fraction of sp³-hybridized carbons (Fsp3) is 0.538. The van der Waals surface area contributed by atoms with Crippen LogP contribution in [0.5, 0.6) is 0 Å². The van der Waals surface area contributed by atoms with Crippen molar-refractivity contribution in [3.8, 4) is 0 Å². The molecule has 5 heterocycles. The van der Waals surface area contributed by atoms with Crippen molar-refractivity contribution < 1.29 is 0 Å². The van der Waals surface area contributed by atoms with Crippen molar-refractivity contribution in [1.29, 1.82) is 0 Å². The van der Waals surface area contributed by atoms with E-state index in [1.54, 1.807) is 0 Å². The van der Waals surface area contributed by atoms with Gasteiger partial charge in [-0.1, -0.05) is 12.1 Å². The molecule has 1 N–H and O–H groups in total. The van der Waals surface area contributed by atoms with E-state index in [1.807, 2.05) is 6.20 Å². The number of piperidine rings is 2. The summed E-state index contributed by atoms with van der Waals surface area (Å²) in [6, 6.07) is 11.8. The van der Waals surface area contributed by atoms with E-state index in [0.717, 1.165) is 49.3 Å². The summed E-state index contributed by atoms with van der Waals surface area (Å²) < 4.78 is 2.25. The van der Waals surface area contributed by atoms with Gasteiger partial charge in [-0.15, -0.1) is 0 Å². The van der Waals surface area contributed by atoms with Crippen molar-refractivity contribution in [2.75, 3.05) is 32.0 Å². The Morgan fingerprint density at radius 2 is 1.94 bits per heavy atom. The highest BCUT2D eigenvalue weighted by atomic mass is 15.2. The van der Waals surface area contributed by atoms with E-state index in [9.17, 15) is 0 Å². The van der Waals surface area contributed by atoms with Crippen LogP contribution in [0.1, 0.15) is 55.1 Å². The first-order valence-electron chi connectivity index (χ1n) is 12.3. The second-order valence-corrected chi connectivity index (χ2v) is 10.00. The molecular formula is C26H34N6. The standard InChI is InChI=1S/C26H34N6/c1-30-15-11-21(12-16-30)28-23-7-2-8-24-29-22(18-32(23)24)17-31-14-4-6-20-10-9-19-5-3-13-27-25(19)26(20)31/h2-3,5,7-8,13,18,20-21,26,28H,4,6,9-12,14-17H2,1H3/t20-,26-/m0/s1. The van der Waals surface area contributed by atoms with Crippen LogP contribution in [0.4, 0.5) is 5.82 Å². The van der Waals surface area contributed by atoms with Crippen molar-refractivity contribution in [2.24, 2.45) is 5.92 Å². The molecule has 0 bridgehead atoms. The maximum atomic E-state index is 5.02. The van der Waals surface area contributed by atoms with Gasteiger partial charge in [0.2, 0.25) is 0 Å². The predicted molar refractivity (Wildman–Crippen MR) is 128 cm³/mol. The number of likely N-dealkylation sites (tertiary alicyclic amines) is 2. The number of nitrogens with one attached hydrogen (secondary N) is 1. The molecule has 0 spiro atoms. The molecule has 168 valence electrons. The van der Waals surface area contributed by atoms with Crippen LogP contribution in [0, 0.1) is 5.92 Å². The predicted octanol–water partition coefficient (Wildman–Crippen LogP) is 4.13. The van der Waals surface area contributed by atoms with Gasteiger partial charge in [-0.2, -0.15) is 0 Å². The number of hydrogen-bond donors (Lipinski definition) is 1. The lowest BCUT2D eigenvalue weighted by molar-refractivity contribution is 0.0687. The van der Waals surface area contributed by atoms with E-state index < -0.39 is 0 Å². The number of aryl methyl sites for hydroxylation is 1. The molecule has 6 nitrogen and oxygen atoms in total. The van der Waals surface area contributed by atoms with Gasteiger partial charge in [-0.25, -0.2) is 4.98 Å². The van der Waals surface area contributed by atoms with Crippen molar-refractivity contribution in [2.45, 2.75) is 57.2 Å². The summed E-state index contributed by atoms with van der Waals surface area (Å²) in [4.78, 5) is 14.9. The molecule has 2 fully saturated rings. The second-order valence-electron chi connectivity index (χ2n) is 10.00. The lowest BCUT2D eigenvalue weighted by Crippen LogP contribution is -2.41. The van der Waals surface area contributed by atoms with Crippen LogP contribution < -0.4 is 5.32 Å². The number of aromatic nitrogens is 3. The monoisotopic (exact) mass is 430 g/mol. The van der Waals surface area contributed by atoms with Crippen LogP contribution in [-0.2, 0) is 13.0 Å². The SMILES string of the molecule is CN1CCC(Nc2cccc3nc(CN4CCC[C@H]5CCc6cccnc6[C@H]54)cn23)CC1. The summed E-state index contributed by atoms with van der Waals surface area (Å²) in [5.74, 6) is 1.89. The summed E-state index contributed by atoms with van der Waals surface area (Å²) >= 11 is 0. The molecule has 2 atom stereocenters. The molecule has 0 aromatic carbocycles. The van der Waals surface area contributed by atoms with Gasteiger partial charge in [0.25, 0.3) is 0 Å². The molecule has 3 aliphatic rings. The molecule has 32 heavy (non-hydrogen) atoms. The zero-order valence-electron chi connectivity index (χ0n) is 19.1. The summed E-state index contributed by atoms with van der Waals surface area (Å²) in [6.45, 7) is 4.35. The minimum atomic E-state index is 0.440. The molecule has 0 unspecified atom stereocenters. The van der Waals surface area contributed by atoms with E-state index >= 15 is 0 Å². The highest BCUT2D eigenvalue weighted by Gasteiger charge is 2.37. The molecule has 0 saturated carbocycles. The van der Waals surface area contributed by atoms with Crippen LogP contribution in [0.2, 0.25) is 0 Å². The fourth-order valence-electron chi connectivity index (χ4n) is 6.12. The Kier molecular flexibility index (Phi) is 5.35. The minimum Gasteiger partial charge on any atom is -0.368 e. The molecule has 3 aromatic rings. The molecule has 3 aromatic heterocycles. The number of imidazole rings is 1. The van der Waals surface area contributed by atoms with Gasteiger partial charge >= 0.3 is 0 Å². The molecule has 2 aliphatic heterocycles. The normalized spacial score (nSPS) is 24.9. The van der Waals surface area contributed by atoms with Crippen LogP contribution >= 0.6 is 0 Å². The zero-order valence-corrected chi connectivity index (χ0v) is 19.1. The number of hydrogen-bond acceptors (Lipinski definition) is 5. The Hall–Kier alpha value is -2.44. The third-order valence-corrected chi connectivity index (χ3v) is 7.83. The van der Waals surface area contributed by atoms with Crippen LogP contribution in [0.15, 0.2) is 42.7 Å². The number of fused-ring (bicyclic) bond motifs is 4. The van der Waals surface area contributed by atoms with E-state index in [1.165, 1.54) is 49.8 Å². The minimum absolute atomic E-state index is 0.440. The highest BCUT2D eigenvalue weighted by Crippen LogP contribution is 2.43. The summed E-state index contributed by atoms with van der Waals surface area (Å²) in [5, 5.41) is 3.79. The number of nitrogens with zero attached hydrogens (tertiary/aromatic N) is 5. The number of anilines is 1. The highest BCUT2D eigenvalue weighted by molar-refractivity contribution is 5.51. The van der Waals surface area contributed by atoms with Crippen LogP contribution in [0.25, 0.3) is 5.65 Å². The van der Waals surface area contributed by atoms with Crippen molar-refractivity contribution in [3.05, 3.63) is 59.7 Å². The quantitative estimate of drug-likeness (QED) is 0.674. The molecule has 2 saturated heterocycles. The third-order valence-electron chi connectivity index (χ3n) is 7.83. The van der Waals surface area contributed by atoms with Crippen molar-refractivity contribution >= 4 is 11.5 Å². The fourth-order valence-corrected chi connectivity index (χ4v) is 6.12. The molecule has 6 heteroatoms. The van der Waals surface area contributed by atoms with E-state index in [-0.39, 0.29) is 0 Å². The number of rotatable bonds is 4. The van der Waals surface area contributed by atoms with Gasteiger partial charge in [0.1, 0.15) is 11.5 Å². The van der Waals surface area contributed by atoms with Crippen LogP contribution in [-0.4, -0.2) is 56.9 Å². The maximum Gasteiger partial charge on any atom is 0.138 e. The van der Waals surface area contributed by atoms with Crippen molar-refractivity contribution in [3.63, 3.8) is 0 Å². The lowest BCUT2D eigenvalue weighted by atomic mass is 9.77. The molecule has 0 radical (unpaired) electrons. The maximum absolute atomic E-state index is 5.02. The molecule has 1 aliphatic carbocycles. The Balaban J connectivity index is 1.25. The first-order chi connectivity index (χ1) is 15.7. The van der Waals surface area contributed by atoms with Gasteiger partial charge < -0.3 is 10.2 Å². The Bertz CT molecular complexity index is 1080. The Morgan fingerprint density at radius 3 is 2.84 bits per heavy atom. The van der Waals surface area contributed by atoms with E-state index in [0.29, 0.717) is 12.1 Å². The van der Waals surface area contributed by atoms with E-state index in [2.05, 4.69) is 63.1 Å². The summed E-state index contributed by atoms with van der Waals surface area (Å²) in [5.41, 5.74) is 4.96. The van der Waals surface area contributed by atoms with Gasteiger partial charge in [-0.3, -0.25) is 14.3 Å². The van der Waals surface area contributed by atoms with Gasteiger partial charge in [0.05, 0.1) is 17.4 Å². The number of pyridine rings is 2. The average molecular weight is 431 g/mol. The molecule has 0 amide bonds.